The molecule has 0 saturated carbocycles. The lowest BCUT2D eigenvalue weighted by atomic mass is 9.89. The smallest absolute Gasteiger partial charge is 0.343 e. The lowest BCUT2D eigenvalue weighted by Gasteiger charge is -2.37. The van der Waals surface area contributed by atoms with Crippen LogP contribution in [0.1, 0.15) is 216 Å². The van der Waals surface area contributed by atoms with Crippen molar-refractivity contribution in [3.05, 3.63) is 89.5 Å². The van der Waals surface area contributed by atoms with Gasteiger partial charge in [0.05, 0.1) is 29.9 Å². The van der Waals surface area contributed by atoms with Crippen molar-refractivity contribution in [3.8, 4) is 17.2 Å². The number of hydroxylamine groups is 2. The SMILES string of the molecule is CCCCCCCCCCCCCCOc1ccc(OC(=O)c2ccc([C@]3(C)CC[C@@](C)(c4ccc(OCCCCCCCCCCCCCC)cc4)N3[O])cc2)cc1. The molecule has 0 bridgehead atoms. The average molecular weight is 811 g/mol. The zero-order chi connectivity index (χ0) is 42.0. The molecule has 6 nitrogen and oxygen atoms in total. The minimum Gasteiger partial charge on any atom is -0.494 e. The van der Waals surface area contributed by atoms with Crippen LogP contribution in [0, 0.1) is 0 Å². The largest absolute Gasteiger partial charge is 0.494 e. The first-order chi connectivity index (χ1) is 28.8. The lowest BCUT2D eigenvalue weighted by molar-refractivity contribution is -0.260. The van der Waals surface area contributed by atoms with Crippen molar-refractivity contribution in [1.29, 1.82) is 0 Å². The van der Waals surface area contributed by atoms with E-state index >= 15 is 0 Å². The predicted molar refractivity (Wildman–Crippen MR) is 244 cm³/mol. The minimum absolute atomic E-state index is 0.428. The molecule has 0 spiro atoms. The molecule has 59 heavy (non-hydrogen) atoms. The van der Waals surface area contributed by atoms with Gasteiger partial charge in [0.15, 0.2) is 0 Å². The summed E-state index contributed by atoms with van der Waals surface area (Å²) >= 11 is 0. The van der Waals surface area contributed by atoms with Crippen LogP contribution >= 0.6 is 0 Å². The van der Waals surface area contributed by atoms with E-state index in [1.54, 1.807) is 24.3 Å². The van der Waals surface area contributed by atoms with E-state index in [2.05, 4.69) is 13.8 Å². The summed E-state index contributed by atoms with van der Waals surface area (Å²) in [5.74, 6) is 1.69. The van der Waals surface area contributed by atoms with Gasteiger partial charge in [-0.1, -0.05) is 179 Å². The highest BCUT2D eigenvalue weighted by atomic mass is 16.5. The molecule has 1 aliphatic heterocycles. The Kier molecular flexibility index (Phi) is 22.5. The molecular formula is C53H80NO5. The third kappa shape index (κ3) is 16.6. The fraction of sp³-hybridized carbons (Fsp3) is 0.642. The standard InChI is InChI=1S/C53H80NO5/c1-5-7-9-11-13-15-17-19-21-23-25-27-43-57-48-35-33-47(34-36-48)53(4)42-41-52(3,54(53)56)46-31-29-45(30-32-46)51(55)59-50-39-37-49(38-40-50)58-44-28-26-24-22-20-18-16-14-12-10-8-6-2/h29-40H,5-28,41-44H2,1-4H3/t52-,53-/m0/s1. The number of rotatable bonds is 32. The molecule has 1 radical (unpaired) electrons. The second kappa shape index (κ2) is 27.5. The molecule has 3 aromatic carbocycles. The number of hydrogen-bond donors (Lipinski definition) is 0. The van der Waals surface area contributed by atoms with Crippen LogP contribution in [-0.2, 0) is 16.3 Å². The zero-order valence-electron chi connectivity index (χ0n) is 37.7. The van der Waals surface area contributed by atoms with Gasteiger partial charge in [-0.3, -0.25) is 0 Å². The van der Waals surface area contributed by atoms with Crippen molar-refractivity contribution in [1.82, 2.24) is 5.06 Å². The van der Waals surface area contributed by atoms with Crippen LogP contribution in [0.25, 0.3) is 0 Å². The normalized spacial score (nSPS) is 18.0. The van der Waals surface area contributed by atoms with E-state index < -0.39 is 17.0 Å². The van der Waals surface area contributed by atoms with Crippen LogP contribution in [0.5, 0.6) is 17.2 Å². The highest BCUT2D eigenvalue weighted by Crippen LogP contribution is 2.51. The Balaban J connectivity index is 1.12. The van der Waals surface area contributed by atoms with E-state index in [0.717, 1.165) is 48.5 Å². The maximum atomic E-state index is 14.1. The summed E-state index contributed by atoms with van der Waals surface area (Å²) in [7, 11) is 0. The Morgan fingerprint density at radius 2 is 0.763 bits per heavy atom. The molecule has 1 heterocycles. The van der Waals surface area contributed by atoms with Gasteiger partial charge in [-0.05, 0) is 99.2 Å². The Morgan fingerprint density at radius 3 is 1.14 bits per heavy atom. The van der Waals surface area contributed by atoms with Crippen LogP contribution < -0.4 is 14.2 Å². The molecule has 1 saturated heterocycles. The zero-order valence-corrected chi connectivity index (χ0v) is 37.7. The molecule has 327 valence electrons. The van der Waals surface area contributed by atoms with Gasteiger partial charge in [-0.25, -0.2) is 4.79 Å². The van der Waals surface area contributed by atoms with Crippen molar-refractivity contribution < 1.29 is 24.2 Å². The molecule has 1 aliphatic rings. The molecule has 1 fully saturated rings. The topological polar surface area (TPSA) is 67.9 Å². The summed E-state index contributed by atoms with van der Waals surface area (Å²) in [5.41, 5.74) is 0.953. The average Bonchev–Trinajstić information content (AvgIpc) is 3.50. The molecule has 4 rings (SSSR count). The van der Waals surface area contributed by atoms with E-state index in [1.807, 2.05) is 62.4 Å². The summed E-state index contributed by atoms with van der Waals surface area (Å²) in [6.45, 7) is 10.0. The quantitative estimate of drug-likeness (QED) is 0.0357. The van der Waals surface area contributed by atoms with E-state index in [4.69, 9.17) is 14.2 Å². The highest BCUT2D eigenvalue weighted by Gasteiger charge is 2.52. The third-order valence-corrected chi connectivity index (χ3v) is 12.8. The number of hydrogen-bond acceptors (Lipinski definition) is 5. The summed E-state index contributed by atoms with van der Waals surface area (Å²) in [4.78, 5) is 13.1. The van der Waals surface area contributed by atoms with Crippen molar-refractivity contribution >= 4 is 5.97 Å². The second-order valence-corrected chi connectivity index (χ2v) is 17.8. The number of carbonyl (C=O) groups is 1. The Bertz CT molecular complexity index is 1540. The van der Waals surface area contributed by atoms with Crippen molar-refractivity contribution in [2.45, 2.75) is 206 Å². The van der Waals surface area contributed by atoms with Crippen LogP contribution in [0.2, 0.25) is 0 Å². The van der Waals surface area contributed by atoms with E-state index in [0.29, 0.717) is 24.3 Å². The number of ether oxygens (including phenoxy) is 3. The van der Waals surface area contributed by atoms with Gasteiger partial charge in [0, 0.05) is 0 Å². The molecule has 2 atom stereocenters. The van der Waals surface area contributed by atoms with Gasteiger partial charge >= 0.3 is 5.97 Å². The minimum atomic E-state index is -0.718. The molecule has 0 aliphatic carbocycles. The van der Waals surface area contributed by atoms with Gasteiger partial charge in [-0.2, -0.15) is 0 Å². The van der Waals surface area contributed by atoms with E-state index in [1.165, 1.54) is 146 Å². The van der Waals surface area contributed by atoms with E-state index in [9.17, 15) is 10.0 Å². The molecule has 0 aromatic heterocycles. The van der Waals surface area contributed by atoms with Gasteiger partial charge in [0.2, 0.25) is 0 Å². The number of carbonyl (C=O) groups excluding carboxylic acids is 1. The Hall–Kier alpha value is -3.35. The van der Waals surface area contributed by atoms with E-state index in [-0.39, 0.29) is 0 Å². The number of esters is 1. The molecule has 0 unspecified atom stereocenters. The lowest BCUT2D eigenvalue weighted by Crippen LogP contribution is -2.44. The Morgan fingerprint density at radius 1 is 0.458 bits per heavy atom. The van der Waals surface area contributed by atoms with Crippen molar-refractivity contribution in [2.24, 2.45) is 0 Å². The van der Waals surface area contributed by atoms with Crippen LogP contribution in [0.15, 0.2) is 72.8 Å². The summed E-state index contributed by atoms with van der Waals surface area (Å²) in [6, 6.07) is 22.7. The number of nitrogens with zero attached hydrogens (tertiary/aromatic N) is 1. The summed E-state index contributed by atoms with van der Waals surface area (Å²) in [6.07, 6.45) is 33.2. The number of benzene rings is 3. The van der Waals surface area contributed by atoms with Crippen molar-refractivity contribution in [2.75, 3.05) is 13.2 Å². The summed E-state index contributed by atoms with van der Waals surface area (Å²) in [5, 5.41) is 15.4. The second-order valence-electron chi connectivity index (χ2n) is 17.8. The first kappa shape index (κ1) is 48.3. The maximum absolute atomic E-state index is 14.1. The molecular weight excluding hydrogens is 731 g/mol. The molecule has 0 N–H and O–H groups in total. The van der Waals surface area contributed by atoms with Crippen LogP contribution in [-0.4, -0.2) is 24.2 Å². The van der Waals surface area contributed by atoms with Gasteiger partial charge in [-0.15, -0.1) is 10.3 Å². The maximum Gasteiger partial charge on any atom is 0.343 e. The number of unbranched alkanes of at least 4 members (excludes halogenated alkanes) is 22. The predicted octanol–water partition coefficient (Wildman–Crippen LogP) is 15.6. The molecule has 0 amide bonds. The fourth-order valence-corrected chi connectivity index (χ4v) is 8.67. The summed E-state index contributed by atoms with van der Waals surface area (Å²) < 4.78 is 17.7. The van der Waals surface area contributed by atoms with Gasteiger partial charge < -0.3 is 14.2 Å². The first-order valence-electron chi connectivity index (χ1n) is 24.1. The fourth-order valence-electron chi connectivity index (χ4n) is 8.67. The van der Waals surface area contributed by atoms with Gasteiger partial charge in [0.1, 0.15) is 17.2 Å². The van der Waals surface area contributed by atoms with Crippen molar-refractivity contribution in [3.63, 3.8) is 0 Å². The first-order valence-corrected chi connectivity index (χ1v) is 24.1. The van der Waals surface area contributed by atoms with Crippen LogP contribution in [0.4, 0.5) is 0 Å². The monoisotopic (exact) mass is 811 g/mol. The molecule has 6 heteroatoms. The highest BCUT2D eigenvalue weighted by molar-refractivity contribution is 5.91. The molecule has 3 aromatic rings. The van der Waals surface area contributed by atoms with Gasteiger partial charge in [0.25, 0.3) is 0 Å². The van der Waals surface area contributed by atoms with Crippen LogP contribution in [0.3, 0.4) is 0 Å². The third-order valence-electron chi connectivity index (χ3n) is 12.8. The Labute approximate surface area is 359 Å².